The van der Waals surface area contributed by atoms with Crippen LogP contribution in [0.2, 0.25) is 0 Å². The Morgan fingerprint density at radius 1 is 1.53 bits per heavy atom. The number of anilines is 1. The van der Waals surface area contributed by atoms with Crippen molar-refractivity contribution in [3.05, 3.63) is 28.2 Å². The second kappa shape index (κ2) is 4.96. The van der Waals surface area contributed by atoms with E-state index in [9.17, 15) is 4.79 Å². The van der Waals surface area contributed by atoms with Crippen molar-refractivity contribution < 1.29 is 4.79 Å². The van der Waals surface area contributed by atoms with Crippen LogP contribution in [0.1, 0.15) is 5.56 Å². The van der Waals surface area contributed by atoms with Crippen LogP contribution in [0.5, 0.6) is 0 Å². The first-order valence-electron chi connectivity index (χ1n) is 4.51. The predicted molar refractivity (Wildman–Crippen MR) is 66.5 cm³/mol. The molecule has 0 unspecified atom stereocenters. The molecule has 0 spiro atoms. The molecule has 0 aliphatic carbocycles. The molecule has 0 bridgehead atoms. The Balaban J connectivity index is 0.00000112. The molecule has 1 amide bonds. The van der Waals surface area contributed by atoms with Gasteiger partial charge in [-0.05, 0) is 30.2 Å². The van der Waals surface area contributed by atoms with E-state index in [4.69, 9.17) is 5.73 Å². The predicted octanol–water partition coefficient (Wildman–Crippen LogP) is 1.72. The Kier molecular flexibility index (Phi) is 4.13. The quantitative estimate of drug-likeness (QED) is 0.856. The lowest BCUT2D eigenvalue weighted by Gasteiger charge is -2.15. The van der Waals surface area contributed by atoms with Crippen LogP contribution in [0.3, 0.4) is 0 Å². The number of nitrogens with two attached hydrogens (primary N) is 1. The highest BCUT2D eigenvalue weighted by atomic mass is 79.9. The Labute approximate surface area is 103 Å². The Hall–Kier alpha value is -0.580. The molecule has 1 aromatic carbocycles. The van der Waals surface area contributed by atoms with Crippen LogP contribution in [-0.2, 0) is 11.2 Å². The van der Waals surface area contributed by atoms with Gasteiger partial charge in [0.15, 0.2) is 0 Å². The van der Waals surface area contributed by atoms with Crippen LogP contribution in [-0.4, -0.2) is 19.0 Å². The SMILES string of the molecule is Cl.NCC(=O)N1CCc2cc(Br)ccc21. The number of fused-ring (bicyclic) bond motifs is 1. The Morgan fingerprint density at radius 2 is 2.27 bits per heavy atom. The van der Waals surface area contributed by atoms with E-state index in [1.54, 1.807) is 4.90 Å². The second-order valence-corrected chi connectivity index (χ2v) is 4.19. The molecule has 2 rings (SSSR count). The summed E-state index contributed by atoms with van der Waals surface area (Å²) in [5.74, 6) is -0.00827. The summed E-state index contributed by atoms with van der Waals surface area (Å²) >= 11 is 3.41. The molecule has 0 saturated heterocycles. The highest BCUT2D eigenvalue weighted by molar-refractivity contribution is 9.10. The van der Waals surface area contributed by atoms with E-state index in [1.165, 1.54) is 5.56 Å². The lowest BCUT2D eigenvalue weighted by molar-refractivity contribution is -0.117. The maximum Gasteiger partial charge on any atom is 0.240 e. The fraction of sp³-hybridized carbons (Fsp3) is 0.300. The van der Waals surface area contributed by atoms with Crippen molar-refractivity contribution in [2.24, 2.45) is 5.73 Å². The number of halogens is 2. The minimum Gasteiger partial charge on any atom is -0.322 e. The van der Waals surface area contributed by atoms with E-state index in [-0.39, 0.29) is 24.9 Å². The molecule has 1 aliphatic rings. The summed E-state index contributed by atoms with van der Waals surface area (Å²) in [6, 6.07) is 5.96. The van der Waals surface area contributed by atoms with E-state index < -0.39 is 0 Å². The minimum atomic E-state index is -0.00827. The summed E-state index contributed by atoms with van der Waals surface area (Å²) in [4.78, 5) is 13.2. The molecule has 0 saturated carbocycles. The molecule has 0 radical (unpaired) electrons. The summed E-state index contributed by atoms with van der Waals surface area (Å²) in [7, 11) is 0. The molecule has 1 aliphatic heterocycles. The number of benzene rings is 1. The van der Waals surface area contributed by atoms with Gasteiger partial charge in [-0.1, -0.05) is 15.9 Å². The normalized spacial score (nSPS) is 13.3. The van der Waals surface area contributed by atoms with Gasteiger partial charge in [0.05, 0.1) is 6.54 Å². The van der Waals surface area contributed by atoms with E-state index in [1.807, 2.05) is 12.1 Å². The van der Waals surface area contributed by atoms with E-state index >= 15 is 0 Å². The second-order valence-electron chi connectivity index (χ2n) is 3.27. The van der Waals surface area contributed by atoms with Crippen molar-refractivity contribution in [2.75, 3.05) is 18.0 Å². The van der Waals surface area contributed by atoms with Crippen molar-refractivity contribution in [1.29, 1.82) is 0 Å². The van der Waals surface area contributed by atoms with Crippen molar-refractivity contribution >= 4 is 39.9 Å². The summed E-state index contributed by atoms with van der Waals surface area (Å²) in [6.07, 6.45) is 0.917. The van der Waals surface area contributed by atoms with Gasteiger partial charge in [0.1, 0.15) is 0 Å². The number of carbonyl (C=O) groups is 1. The van der Waals surface area contributed by atoms with Gasteiger partial charge in [0, 0.05) is 16.7 Å². The molecule has 0 fully saturated rings. The topological polar surface area (TPSA) is 46.3 Å². The molecule has 1 aromatic rings. The van der Waals surface area contributed by atoms with Gasteiger partial charge in [0.25, 0.3) is 0 Å². The first-order chi connectivity index (χ1) is 6.72. The number of hydrogen-bond donors (Lipinski definition) is 1. The zero-order valence-corrected chi connectivity index (χ0v) is 10.5. The van der Waals surface area contributed by atoms with Gasteiger partial charge < -0.3 is 10.6 Å². The van der Waals surface area contributed by atoms with Gasteiger partial charge in [-0.15, -0.1) is 12.4 Å². The lowest BCUT2D eigenvalue weighted by Crippen LogP contribution is -2.34. The number of amides is 1. The van der Waals surface area contributed by atoms with Gasteiger partial charge in [0.2, 0.25) is 5.91 Å². The minimum absolute atomic E-state index is 0. The molecular weight excluding hydrogens is 279 g/mol. The number of carbonyl (C=O) groups excluding carboxylic acids is 1. The zero-order chi connectivity index (χ0) is 10.1. The number of hydrogen-bond acceptors (Lipinski definition) is 2. The van der Waals surface area contributed by atoms with Gasteiger partial charge in [-0.25, -0.2) is 0 Å². The fourth-order valence-corrected chi connectivity index (χ4v) is 2.15. The molecule has 0 atom stereocenters. The maximum atomic E-state index is 11.5. The van der Waals surface area contributed by atoms with Crippen LogP contribution in [0, 0.1) is 0 Å². The molecule has 1 heterocycles. The van der Waals surface area contributed by atoms with Gasteiger partial charge in [-0.3, -0.25) is 4.79 Å². The molecule has 82 valence electrons. The van der Waals surface area contributed by atoms with E-state index in [0.717, 1.165) is 23.1 Å². The third-order valence-electron chi connectivity index (χ3n) is 2.41. The van der Waals surface area contributed by atoms with Crippen molar-refractivity contribution in [3.8, 4) is 0 Å². The summed E-state index contributed by atoms with van der Waals surface area (Å²) in [5, 5.41) is 0. The Morgan fingerprint density at radius 3 is 2.93 bits per heavy atom. The average Bonchev–Trinajstić information content (AvgIpc) is 2.59. The smallest absolute Gasteiger partial charge is 0.240 e. The number of nitrogens with zero attached hydrogens (tertiary/aromatic N) is 1. The largest absolute Gasteiger partial charge is 0.322 e. The van der Waals surface area contributed by atoms with Crippen LogP contribution in [0.15, 0.2) is 22.7 Å². The molecule has 5 heteroatoms. The first kappa shape index (κ1) is 12.5. The highest BCUT2D eigenvalue weighted by Crippen LogP contribution is 2.30. The maximum absolute atomic E-state index is 11.5. The van der Waals surface area contributed by atoms with E-state index in [2.05, 4.69) is 22.0 Å². The summed E-state index contributed by atoms with van der Waals surface area (Å²) in [5.41, 5.74) is 7.55. The monoisotopic (exact) mass is 290 g/mol. The molecule has 2 N–H and O–H groups in total. The van der Waals surface area contributed by atoms with Crippen molar-refractivity contribution in [2.45, 2.75) is 6.42 Å². The van der Waals surface area contributed by atoms with Gasteiger partial charge in [-0.2, -0.15) is 0 Å². The molecule has 3 nitrogen and oxygen atoms in total. The first-order valence-corrected chi connectivity index (χ1v) is 5.30. The van der Waals surface area contributed by atoms with Crippen molar-refractivity contribution in [1.82, 2.24) is 0 Å². The molecule has 0 aromatic heterocycles. The number of rotatable bonds is 1. The van der Waals surface area contributed by atoms with Crippen LogP contribution < -0.4 is 10.6 Å². The third-order valence-corrected chi connectivity index (χ3v) is 2.91. The van der Waals surface area contributed by atoms with E-state index in [0.29, 0.717) is 0 Å². The Bertz CT molecular complexity index is 384. The average molecular weight is 292 g/mol. The lowest BCUT2D eigenvalue weighted by atomic mass is 10.2. The summed E-state index contributed by atoms with van der Waals surface area (Å²) < 4.78 is 1.05. The fourth-order valence-electron chi connectivity index (χ4n) is 1.74. The molecule has 15 heavy (non-hydrogen) atoms. The zero-order valence-electron chi connectivity index (χ0n) is 8.07. The van der Waals surface area contributed by atoms with Crippen LogP contribution in [0.4, 0.5) is 5.69 Å². The van der Waals surface area contributed by atoms with Crippen molar-refractivity contribution in [3.63, 3.8) is 0 Å². The standard InChI is InChI=1S/C10H11BrN2O.ClH/c11-8-1-2-9-7(5-8)3-4-13(9)10(14)6-12;/h1-2,5H,3-4,6,12H2;1H. The highest BCUT2D eigenvalue weighted by Gasteiger charge is 2.23. The summed E-state index contributed by atoms with van der Waals surface area (Å²) in [6.45, 7) is 0.831. The van der Waals surface area contributed by atoms with Gasteiger partial charge >= 0.3 is 0 Å². The van der Waals surface area contributed by atoms with Crippen LogP contribution in [0.25, 0.3) is 0 Å². The molecular formula is C10H12BrClN2O. The third kappa shape index (κ3) is 2.33. The van der Waals surface area contributed by atoms with Crippen LogP contribution >= 0.6 is 28.3 Å².